The van der Waals surface area contributed by atoms with Crippen LogP contribution in [0.5, 0.6) is 0 Å². The molecule has 0 radical (unpaired) electrons. The predicted octanol–water partition coefficient (Wildman–Crippen LogP) is 2.34. The second kappa shape index (κ2) is 8.02. The zero-order valence-electron chi connectivity index (χ0n) is 16.9. The zero-order chi connectivity index (χ0) is 20.3. The molecule has 6 heteroatoms. The Morgan fingerprint density at radius 3 is 2.36 bits per heavy atom. The molecule has 0 saturated carbocycles. The van der Waals surface area contributed by atoms with Crippen molar-refractivity contribution in [3.63, 3.8) is 0 Å². The van der Waals surface area contributed by atoms with Crippen LogP contribution >= 0.6 is 0 Å². The fourth-order valence-electron chi connectivity index (χ4n) is 3.24. The molecule has 0 bridgehead atoms. The Balaban J connectivity index is 1.66. The standard InChI is InChI=1S/C22H27N3O3/c1-5-25(14-21(27)24-22(2,3)4)13-20(26)23-15-10-11-19-17(12-15)16-8-6-7-9-18(16)28-19/h6-12H,5,13-14H2,1-4H3,(H,23,26)(H,24,27)/p+1. The lowest BCUT2D eigenvalue weighted by Gasteiger charge is -2.23. The van der Waals surface area contributed by atoms with Gasteiger partial charge in [0, 0.05) is 22.0 Å². The van der Waals surface area contributed by atoms with Gasteiger partial charge in [-0.05, 0) is 52.0 Å². The van der Waals surface area contributed by atoms with Crippen LogP contribution in [0.25, 0.3) is 21.9 Å². The predicted molar refractivity (Wildman–Crippen MR) is 111 cm³/mol. The Kier molecular flexibility index (Phi) is 5.70. The zero-order valence-corrected chi connectivity index (χ0v) is 16.9. The molecule has 1 unspecified atom stereocenters. The molecule has 0 saturated heterocycles. The Morgan fingerprint density at radius 1 is 0.964 bits per heavy atom. The fraction of sp³-hybridized carbons (Fsp3) is 0.364. The summed E-state index contributed by atoms with van der Waals surface area (Å²) in [5, 5.41) is 7.87. The maximum Gasteiger partial charge on any atom is 0.279 e. The van der Waals surface area contributed by atoms with Crippen LogP contribution in [-0.4, -0.2) is 37.0 Å². The van der Waals surface area contributed by atoms with Crippen LogP contribution in [0.3, 0.4) is 0 Å². The fourth-order valence-corrected chi connectivity index (χ4v) is 3.24. The molecule has 28 heavy (non-hydrogen) atoms. The minimum Gasteiger partial charge on any atom is -0.456 e. The van der Waals surface area contributed by atoms with Gasteiger partial charge < -0.3 is 20.0 Å². The van der Waals surface area contributed by atoms with E-state index in [-0.39, 0.29) is 30.4 Å². The first-order chi connectivity index (χ1) is 13.2. The first-order valence-corrected chi connectivity index (χ1v) is 9.61. The average Bonchev–Trinajstić information content (AvgIpc) is 2.97. The minimum absolute atomic E-state index is 0.0524. The molecule has 2 aromatic carbocycles. The maximum atomic E-state index is 12.5. The Labute approximate surface area is 164 Å². The van der Waals surface area contributed by atoms with Gasteiger partial charge >= 0.3 is 0 Å². The summed E-state index contributed by atoms with van der Waals surface area (Å²) >= 11 is 0. The quantitative estimate of drug-likeness (QED) is 0.613. The molecule has 1 atom stereocenters. The van der Waals surface area contributed by atoms with Gasteiger partial charge in [-0.1, -0.05) is 18.2 Å². The van der Waals surface area contributed by atoms with E-state index in [0.717, 1.165) is 32.5 Å². The van der Waals surface area contributed by atoms with Crippen molar-refractivity contribution < 1.29 is 18.9 Å². The third-order valence-electron chi connectivity index (χ3n) is 4.50. The van der Waals surface area contributed by atoms with Crippen LogP contribution in [0, 0.1) is 0 Å². The average molecular weight is 382 g/mol. The van der Waals surface area contributed by atoms with Gasteiger partial charge in [-0.25, -0.2) is 0 Å². The summed E-state index contributed by atoms with van der Waals surface area (Å²) in [4.78, 5) is 25.5. The summed E-state index contributed by atoms with van der Waals surface area (Å²) in [5.41, 5.74) is 2.06. The van der Waals surface area contributed by atoms with Gasteiger partial charge in [0.15, 0.2) is 13.1 Å². The Morgan fingerprint density at radius 2 is 1.64 bits per heavy atom. The lowest BCUT2D eigenvalue weighted by Crippen LogP contribution is -3.14. The first kappa shape index (κ1) is 19.9. The molecule has 6 nitrogen and oxygen atoms in total. The van der Waals surface area contributed by atoms with Gasteiger partial charge in [-0.3, -0.25) is 9.59 Å². The molecule has 1 aromatic heterocycles. The Bertz CT molecular complexity index is 1000. The van der Waals surface area contributed by atoms with E-state index in [4.69, 9.17) is 4.42 Å². The normalized spacial score (nSPS) is 12.9. The lowest BCUT2D eigenvalue weighted by molar-refractivity contribution is -0.881. The third kappa shape index (κ3) is 4.89. The number of benzene rings is 2. The molecule has 0 spiro atoms. The molecule has 3 rings (SSSR count). The molecule has 2 amide bonds. The molecule has 1 heterocycles. The number of anilines is 1. The van der Waals surface area contributed by atoms with Crippen LogP contribution in [0.2, 0.25) is 0 Å². The van der Waals surface area contributed by atoms with E-state index in [0.29, 0.717) is 6.54 Å². The molecule has 0 aliphatic rings. The summed E-state index contributed by atoms with van der Waals surface area (Å²) in [6.07, 6.45) is 0. The van der Waals surface area contributed by atoms with E-state index >= 15 is 0 Å². The number of fused-ring (bicyclic) bond motifs is 3. The van der Waals surface area contributed by atoms with Crippen molar-refractivity contribution in [1.29, 1.82) is 0 Å². The van der Waals surface area contributed by atoms with E-state index in [9.17, 15) is 9.59 Å². The molecular formula is C22H28N3O3+. The number of para-hydroxylation sites is 1. The summed E-state index contributed by atoms with van der Waals surface area (Å²) < 4.78 is 5.82. The number of hydrogen-bond acceptors (Lipinski definition) is 3. The number of rotatable bonds is 6. The number of quaternary nitrogens is 1. The van der Waals surface area contributed by atoms with Gasteiger partial charge in [-0.2, -0.15) is 0 Å². The highest BCUT2D eigenvalue weighted by molar-refractivity contribution is 6.06. The van der Waals surface area contributed by atoms with Crippen LogP contribution in [0.1, 0.15) is 27.7 Å². The van der Waals surface area contributed by atoms with Crippen LogP contribution in [0.4, 0.5) is 5.69 Å². The highest BCUT2D eigenvalue weighted by atomic mass is 16.3. The van der Waals surface area contributed by atoms with Crippen molar-refractivity contribution in [2.24, 2.45) is 0 Å². The van der Waals surface area contributed by atoms with Crippen molar-refractivity contribution in [2.45, 2.75) is 33.2 Å². The topological polar surface area (TPSA) is 75.8 Å². The van der Waals surface area contributed by atoms with E-state index in [2.05, 4.69) is 10.6 Å². The van der Waals surface area contributed by atoms with Crippen molar-refractivity contribution >= 4 is 39.4 Å². The van der Waals surface area contributed by atoms with Gasteiger partial charge in [0.1, 0.15) is 11.2 Å². The molecule has 0 fully saturated rings. The van der Waals surface area contributed by atoms with Gasteiger partial charge in [-0.15, -0.1) is 0 Å². The van der Waals surface area contributed by atoms with Crippen molar-refractivity contribution in [3.8, 4) is 0 Å². The number of carbonyl (C=O) groups excluding carboxylic acids is 2. The van der Waals surface area contributed by atoms with E-state index in [1.165, 1.54) is 0 Å². The maximum absolute atomic E-state index is 12.5. The second-order valence-electron chi connectivity index (χ2n) is 8.11. The molecule has 3 aromatic rings. The second-order valence-corrected chi connectivity index (χ2v) is 8.11. The monoisotopic (exact) mass is 382 g/mol. The van der Waals surface area contributed by atoms with Crippen molar-refractivity contribution in [3.05, 3.63) is 42.5 Å². The summed E-state index contributed by atoms with van der Waals surface area (Å²) in [6, 6.07) is 13.5. The molecule has 148 valence electrons. The number of nitrogens with one attached hydrogen (secondary N) is 3. The molecule has 0 aliphatic carbocycles. The summed E-state index contributed by atoms with van der Waals surface area (Å²) in [6.45, 7) is 8.99. The summed E-state index contributed by atoms with van der Waals surface area (Å²) in [7, 11) is 0. The highest BCUT2D eigenvalue weighted by Gasteiger charge is 2.20. The molecule has 3 N–H and O–H groups in total. The minimum atomic E-state index is -0.277. The van der Waals surface area contributed by atoms with Gasteiger partial charge in [0.05, 0.1) is 6.54 Å². The van der Waals surface area contributed by atoms with E-state index < -0.39 is 0 Å². The first-order valence-electron chi connectivity index (χ1n) is 9.61. The van der Waals surface area contributed by atoms with Gasteiger partial charge in [0.2, 0.25) is 0 Å². The van der Waals surface area contributed by atoms with Crippen LogP contribution in [0.15, 0.2) is 46.9 Å². The highest BCUT2D eigenvalue weighted by Crippen LogP contribution is 2.30. The Hall–Kier alpha value is -2.86. The van der Waals surface area contributed by atoms with E-state index in [1.54, 1.807) is 0 Å². The van der Waals surface area contributed by atoms with Gasteiger partial charge in [0.25, 0.3) is 11.8 Å². The van der Waals surface area contributed by atoms with Crippen LogP contribution in [-0.2, 0) is 9.59 Å². The number of hydrogen-bond donors (Lipinski definition) is 3. The van der Waals surface area contributed by atoms with E-state index in [1.807, 2.05) is 70.2 Å². The number of furan rings is 1. The largest absolute Gasteiger partial charge is 0.456 e. The number of amides is 2. The summed E-state index contributed by atoms with van der Waals surface area (Å²) in [5.74, 6) is -0.170. The lowest BCUT2D eigenvalue weighted by atomic mass is 10.1. The number of carbonyl (C=O) groups is 2. The van der Waals surface area contributed by atoms with Crippen molar-refractivity contribution in [2.75, 3.05) is 25.0 Å². The molecule has 0 aliphatic heterocycles. The molecular weight excluding hydrogens is 354 g/mol. The van der Waals surface area contributed by atoms with Crippen LogP contribution < -0.4 is 15.5 Å². The smallest absolute Gasteiger partial charge is 0.279 e. The third-order valence-corrected chi connectivity index (χ3v) is 4.50. The number of likely N-dealkylation sites (N-methyl/N-ethyl adjacent to an activating group) is 1. The SMILES string of the molecule is CC[NH+](CC(=O)Nc1ccc2oc3ccccc3c2c1)CC(=O)NC(C)(C)C. The van der Waals surface area contributed by atoms with Crippen molar-refractivity contribution in [1.82, 2.24) is 5.32 Å².